The highest BCUT2D eigenvalue weighted by atomic mass is 16.5. The number of benzene rings is 1. The van der Waals surface area contributed by atoms with Gasteiger partial charge in [0.05, 0.1) is 12.2 Å². The Kier molecular flexibility index (Phi) is 3.36. The second kappa shape index (κ2) is 4.75. The lowest BCUT2D eigenvalue weighted by molar-refractivity contribution is 0.0215. The topological polar surface area (TPSA) is 32.7 Å². The van der Waals surface area contributed by atoms with Gasteiger partial charge in [0.1, 0.15) is 0 Å². The highest BCUT2D eigenvalue weighted by Crippen LogP contribution is 2.15. The summed E-state index contributed by atoms with van der Waals surface area (Å²) < 4.78 is 5.20. The van der Waals surface area contributed by atoms with Crippen LogP contribution in [0, 0.1) is 0 Å². The van der Waals surface area contributed by atoms with E-state index in [1.165, 1.54) is 5.56 Å². The Hall–Kier alpha value is -0.900. The summed E-state index contributed by atoms with van der Waals surface area (Å²) in [6.07, 6.45) is -0.382. The molecule has 2 atom stereocenters. The van der Waals surface area contributed by atoms with Gasteiger partial charge in [-0.2, -0.15) is 0 Å². The average Bonchev–Trinajstić information content (AvgIpc) is 2.60. The minimum absolute atomic E-state index is 0.0336. The van der Waals surface area contributed by atoms with Crippen molar-refractivity contribution in [1.29, 1.82) is 0 Å². The Morgan fingerprint density at radius 3 is 2.67 bits per heavy atom. The molecule has 1 aromatic rings. The maximum absolute atomic E-state index is 9.67. The van der Waals surface area contributed by atoms with Crippen LogP contribution >= 0.6 is 0 Å². The minimum atomic E-state index is -0.348. The number of aliphatic hydroxyl groups excluding tert-OH is 1. The van der Waals surface area contributed by atoms with Gasteiger partial charge in [0.25, 0.3) is 0 Å². The maximum Gasteiger partial charge on any atom is 0.0969 e. The molecule has 0 aromatic heterocycles. The van der Waals surface area contributed by atoms with Gasteiger partial charge in [-0.05, 0) is 5.56 Å². The van der Waals surface area contributed by atoms with E-state index in [2.05, 4.69) is 17.0 Å². The molecule has 2 rings (SSSR count). The molecule has 1 heterocycles. The lowest BCUT2D eigenvalue weighted by Crippen LogP contribution is -2.25. The van der Waals surface area contributed by atoms with Gasteiger partial charge in [0, 0.05) is 26.7 Å². The van der Waals surface area contributed by atoms with Crippen molar-refractivity contribution in [3.8, 4) is 0 Å². The monoisotopic (exact) mass is 207 g/mol. The molecule has 0 bridgehead atoms. The molecule has 1 saturated heterocycles. The van der Waals surface area contributed by atoms with Crippen LogP contribution in [0.15, 0.2) is 30.3 Å². The lowest BCUT2D eigenvalue weighted by Gasteiger charge is -2.14. The van der Waals surface area contributed by atoms with E-state index >= 15 is 0 Å². The Balaban J connectivity index is 1.92. The van der Waals surface area contributed by atoms with Crippen LogP contribution in [0.1, 0.15) is 5.56 Å². The third-order valence-electron chi connectivity index (χ3n) is 2.86. The predicted octanol–water partition coefficient (Wildman–Crippen LogP) is 0.878. The van der Waals surface area contributed by atoms with Crippen molar-refractivity contribution in [1.82, 2.24) is 4.90 Å². The molecule has 1 fully saturated rings. The van der Waals surface area contributed by atoms with E-state index in [9.17, 15) is 5.11 Å². The summed E-state index contributed by atoms with van der Waals surface area (Å²) in [6.45, 7) is 2.40. The number of likely N-dealkylation sites (tertiary alicyclic amines) is 1. The van der Waals surface area contributed by atoms with E-state index < -0.39 is 0 Å². The molecule has 15 heavy (non-hydrogen) atoms. The van der Waals surface area contributed by atoms with E-state index in [1.54, 1.807) is 7.11 Å². The number of ether oxygens (including phenoxy) is 1. The summed E-state index contributed by atoms with van der Waals surface area (Å²) in [7, 11) is 1.65. The van der Waals surface area contributed by atoms with Crippen LogP contribution < -0.4 is 0 Å². The summed E-state index contributed by atoms with van der Waals surface area (Å²) in [5, 5.41) is 9.67. The first-order valence-electron chi connectivity index (χ1n) is 5.26. The number of aliphatic hydroxyl groups is 1. The largest absolute Gasteiger partial charge is 0.389 e. The standard InChI is InChI=1S/C12H17NO2/c1-15-12-9-13(8-11(12)14)7-10-5-3-2-4-6-10/h2-6,11-12,14H,7-9H2,1H3/t11-,12-/m0/s1. The Morgan fingerprint density at radius 1 is 1.33 bits per heavy atom. The normalized spacial score (nSPS) is 27.1. The summed E-state index contributed by atoms with van der Waals surface area (Å²) >= 11 is 0. The highest BCUT2D eigenvalue weighted by molar-refractivity contribution is 5.14. The third kappa shape index (κ3) is 2.56. The average molecular weight is 207 g/mol. The number of hydrogen-bond acceptors (Lipinski definition) is 3. The van der Waals surface area contributed by atoms with Crippen molar-refractivity contribution in [3.05, 3.63) is 35.9 Å². The molecule has 0 spiro atoms. The highest BCUT2D eigenvalue weighted by Gasteiger charge is 2.30. The van der Waals surface area contributed by atoms with E-state index in [1.807, 2.05) is 18.2 Å². The molecule has 0 saturated carbocycles. The maximum atomic E-state index is 9.67. The van der Waals surface area contributed by atoms with Crippen LogP contribution in [0.3, 0.4) is 0 Å². The molecule has 0 amide bonds. The summed E-state index contributed by atoms with van der Waals surface area (Å²) in [5.41, 5.74) is 1.28. The fourth-order valence-electron chi connectivity index (χ4n) is 2.04. The van der Waals surface area contributed by atoms with Crippen molar-refractivity contribution < 1.29 is 9.84 Å². The van der Waals surface area contributed by atoms with Crippen molar-refractivity contribution in [2.75, 3.05) is 20.2 Å². The van der Waals surface area contributed by atoms with Gasteiger partial charge in [-0.1, -0.05) is 30.3 Å². The Bertz CT molecular complexity index is 302. The fraction of sp³-hybridized carbons (Fsp3) is 0.500. The van der Waals surface area contributed by atoms with Crippen molar-refractivity contribution >= 4 is 0 Å². The molecule has 1 aliphatic heterocycles. The second-order valence-electron chi connectivity index (χ2n) is 4.02. The number of nitrogens with zero attached hydrogens (tertiary/aromatic N) is 1. The predicted molar refractivity (Wildman–Crippen MR) is 58.5 cm³/mol. The first-order chi connectivity index (χ1) is 7.29. The molecule has 1 aliphatic rings. The lowest BCUT2D eigenvalue weighted by atomic mass is 10.2. The van der Waals surface area contributed by atoms with Crippen LogP contribution in [-0.4, -0.2) is 42.4 Å². The summed E-state index contributed by atoms with van der Waals surface area (Å²) in [5.74, 6) is 0. The van der Waals surface area contributed by atoms with Gasteiger partial charge in [-0.25, -0.2) is 0 Å². The fourth-order valence-corrected chi connectivity index (χ4v) is 2.04. The van der Waals surface area contributed by atoms with Gasteiger partial charge in [0.15, 0.2) is 0 Å². The zero-order valence-electron chi connectivity index (χ0n) is 8.97. The van der Waals surface area contributed by atoms with Crippen molar-refractivity contribution in [2.24, 2.45) is 0 Å². The molecule has 1 N–H and O–H groups in total. The number of β-amino-alcohol motifs (C(OH)–C–C–N with tert-alkyl or cyclic N) is 1. The molecule has 0 unspecified atom stereocenters. The molecule has 3 heteroatoms. The molecular weight excluding hydrogens is 190 g/mol. The quantitative estimate of drug-likeness (QED) is 0.798. The van der Waals surface area contributed by atoms with Gasteiger partial charge in [0.2, 0.25) is 0 Å². The van der Waals surface area contributed by atoms with Gasteiger partial charge >= 0.3 is 0 Å². The third-order valence-corrected chi connectivity index (χ3v) is 2.86. The van der Waals surface area contributed by atoms with Crippen molar-refractivity contribution in [3.63, 3.8) is 0 Å². The zero-order valence-corrected chi connectivity index (χ0v) is 8.97. The van der Waals surface area contributed by atoms with Crippen LogP contribution in [0.25, 0.3) is 0 Å². The number of hydrogen-bond donors (Lipinski definition) is 1. The van der Waals surface area contributed by atoms with E-state index in [0.29, 0.717) is 6.54 Å². The SMILES string of the molecule is CO[C@H]1CN(Cc2ccccc2)C[C@@H]1O. The second-order valence-corrected chi connectivity index (χ2v) is 4.02. The molecular formula is C12H17NO2. The van der Waals surface area contributed by atoms with E-state index in [0.717, 1.165) is 13.1 Å². The van der Waals surface area contributed by atoms with Gasteiger partial charge in [-0.3, -0.25) is 4.90 Å². The molecule has 82 valence electrons. The van der Waals surface area contributed by atoms with Crippen LogP contribution in [0.5, 0.6) is 0 Å². The van der Waals surface area contributed by atoms with Crippen LogP contribution in [0.2, 0.25) is 0 Å². The Morgan fingerprint density at radius 2 is 2.07 bits per heavy atom. The number of methoxy groups -OCH3 is 1. The Labute approximate surface area is 90.3 Å². The van der Waals surface area contributed by atoms with Gasteiger partial charge < -0.3 is 9.84 Å². The van der Waals surface area contributed by atoms with Crippen LogP contribution in [-0.2, 0) is 11.3 Å². The molecule has 1 aromatic carbocycles. The first-order valence-corrected chi connectivity index (χ1v) is 5.26. The van der Waals surface area contributed by atoms with E-state index in [-0.39, 0.29) is 12.2 Å². The summed E-state index contributed by atoms with van der Waals surface area (Å²) in [4.78, 5) is 2.22. The minimum Gasteiger partial charge on any atom is -0.389 e. The van der Waals surface area contributed by atoms with E-state index in [4.69, 9.17) is 4.74 Å². The molecule has 0 aliphatic carbocycles. The number of rotatable bonds is 3. The smallest absolute Gasteiger partial charge is 0.0969 e. The zero-order chi connectivity index (χ0) is 10.7. The molecule has 0 radical (unpaired) electrons. The van der Waals surface area contributed by atoms with Gasteiger partial charge in [-0.15, -0.1) is 0 Å². The van der Waals surface area contributed by atoms with Crippen LogP contribution in [0.4, 0.5) is 0 Å². The first kappa shape index (κ1) is 10.6. The summed E-state index contributed by atoms with van der Waals surface area (Å²) in [6, 6.07) is 10.3. The molecule has 3 nitrogen and oxygen atoms in total. The van der Waals surface area contributed by atoms with Crippen molar-refractivity contribution in [2.45, 2.75) is 18.8 Å².